The molecule has 0 spiro atoms. The van der Waals surface area contributed by atoms with Crippen molar-refractivity contribution in [1.29, 1.82) is 0 Å². The number of rotatable bonds is 8. The summed E-state index contributed by atoms with van der Waals surface area (Å²) in [5.74, 6) is -0.938. The maximum atomic E-state index is 11.2. The SMILES string of the molecule is CCCN(C=O)C(CCc1ccccc1)C(=O)O. The maximum Gasteiger partial charge on any atom is 0.326 e. The Morgan fingerprint density at radius 1 is 1.39 bits per heavy atom. The van der Waals surface area contributed by atoms with E-state index in [0.29, 0.717) is 25.8 Å². The van der Waals surface area contributed by atoms with E-state index in [1.54, 1.807) is 0 Å². The number of carboxylic acids is 1. The van der Waals surface area contributed by atoms with Crippen LogP contribution in [-0.4, -0.2) is 35.0 Å². The van der Waals surface area contributed by atoms with Crippen molar-refractivity contribution in [3.8, 4) is 0 Å². The third-order valence-corrected chi connectivity index (χ3v) is 2.85. The van der Waals surface area contributed by atoms with Gasteiger partial charge in [-0.15, -0.1) is 0 Å². The van der Waals surface area contributed by atoms with Crippen molar-refractivity contribution >= 4 is 12.4 Å². The maximum absolute atomic E-state index is 11.2. The largest absolute Gasteiger partial charge is 0.480 e. The molecule has 0 aliphatic carbocycles. The molecule has 1 N–H and O–H groups in total. The first-order valence-corrected chi connectivity index (χ1v) is 6.16. The minimum atomic E-state index is -0.938. The van der Waals surface area contributed by atoms with Gasteiger partial charge in [-0.25, -0.2) is 4.79 Å². The van der Waals surface area contributed by atoms with Crippen LogP contribution in [0.4, 0.5) is 0 Å². The fourth-order valence-corrected chi connectivity index (χ4v) is 1.92. The average Bonchev–Trinajstić information content (AvgIpc) is 2.38. The summed E-state index contributed by atoms with van der Waals surface area (Å²) in [7, 11) is 0. The zero-order valence-corrected chi connectivity index (χ0v) is 10.6. The highest BCUT2D eigenvalue weighted by Gasteiger charge is 2.23. The first kappa shape index (κ1) is 14.2. The fraction of sp³-hybridized carbons (Fsp3) is 0.429. The Labute approximate surface area is 107 Å². The van der Waals surface area contributed by atoms with E-state index in [2.05, 4.69) is 0 Å². The van der Waals surface area contributed by atoms with E-state index in [0.717, 1.165) is 12.0 Å². The van der Waals surface area contributed by atoms with Crippen molar-refractivity contribution in [3.63, 3.8) is 0 Å². The summed E-state index contributed by atoms with van der Waals surface area (Å²) in [4.78, 5) is 23.5. The van der Waals surface area contributed by atoms with Crippen molar-refractivity contribution < 1.29 is 14.7 Å². The molecule has 4 heteroatoms. The second-order valence-corrected chi connectivity index (χ2v) is 4.22. The van der Waals surface area contributed by atoms with E-state index in [1.807, 2.05) is 37.3 Å². The van der Waals surface area contributed by atoms with Crippen LogP contribution in [0.25, 0.3) is 0 Å². The predicted octanol–water partition coefficient (Wildman–Crippen LogP) is 1.94. The normalized spacial score (nSPS) is 11.8. The van der Waals surface area contributed by atoms with Gasteiger partial charge in [-0.3, -0.25) is 4.79 Å². The van der Waals surface area contributed by atoms with E-state index in [1.165, 1.54) is 4.90 Å². The standard InChI is InChI=1S/C14H19NO3/c1-2-10-15(11-16)13(14(17)18)9-8-12-6-4-3-5-7-12/h3-7,11,13H,2,8-10H2,1H3,(H,17,18). The molecule has 4 nitrogen and oxygen atoms in total. The van der Waals surface area contributed by atoms with Gasteiger partial charge in [0, 0.05) is 6.54 Å². The highest BCUT2D eigenvalue weighted by atomic mass is 16.4. The van der Waals surface area contributed by atoms with Gasteiger partial charge >= 0.3 is 5.97 Å². The molecule has 1 atom stereocenters. The van der Waals surface area contributed by atoms with E-state index < -0.39 is 12.0 Å². The molecule has 1 aromatic carbocycles. The Balaban J connectivity index is 2.63. The first-order chi connectivity index (χ1) is 8.69. The van der Waals surface area contributed by atoms with Gasteiger partial charge in [-0.05, 0) is 24.8 Å². The van der Waals surface area contributed by atoms with E-state index >= 15 is 0 Å². The van der Waals surface area contributed by atoms with Crippen LogP contribution in [0.2, 0.25) is 0 Å². The van der Waals surface area contributed by atoms with Crippen LogP contribution in [0.1, 0.15) is 25.3 Å². The van der Waals surface area contributed by atoms with Gasteiger partial charge in [0.15, 0.2) is 0 Å². The zero-order valence-electron chi connectivity index (χ0n) is 10.6. The molecule has 1 amide bonds. The molecule has 18 heavy (non-hydrogen) atoms. The van der Waals surface area contributed by atoms with Crippen molar-refractivity contribution in [2.45, 2.75) is 32.2 Å². The van der Waals surface area contributed by atoms with Crippen LogP contribution in [0.5, 0.6) is 0 Å². The summed E-state index contributed by atoms with van der Waals surface area (Å²) < 4.78 is 0. The third-order valence-electron chi connectivity index (χ3n) is 2.85. The predicted molar refractivity (Wildman–Crippen MR) is 69.2 cm³/mol. The summed E-state index contributed by atoms with van der Waals surface area (Å²) in [5.41, 5.74) is 1.09. The van der Waals surface area contributed by atoms with Gasteiger partial charge in [-0.1, -0.05) is 37.3 Å². The Kier molecular flexibility index (Phi) is 5.91. The second kappa shape index (κ2) is 7.48. The smallest absolute Gasteiger partial charge is 0.326 e. The lowest BCUT2D eigenvalue weighted by molar-refractivity contribution is -0.146. The molecule has 0 bridgehead atoms. The van der Waals surface area contributed by atoms with Crippen LogP contribution in [0.3, 0.4) is 0 Å². The quantitative estimate of drug-likeness (QED) is 0.716. The fourth-order valence-electron chi connectivity index (χ4n) is 1.92. The topological polar surface area (TPSA) is 57.6 Å². The van der Waals surface area contributed by atoms with Crippen molar-refractivity contribution in [3.05, 3.63) is 35.9 Å². The molecule has 98 valence electrons. The summed E-state index contributed by atoms with van der Waals surface area (Å²) in [6, 6.07) is 8.96. The minimum absolute atomic E-state index is 0.443. The number of carbonyl (C=O) groups excluding carboxylic acids is 1. The highest BCUT2D eigenvalue weighted by Crippen LogP contribution is 2.10. The average molecular weight is 249 g/mol. The lowest BCUT2D eigenvalue weighted by Gasteiger charge is -2.24. The molecular weight excluding hydrogens is 230 g/mol. The lowest BCUT2D eigenvalue weighted by Crippen LogP contribution is -2.41. The Morgan fingerprint density at radius 2 is 2.06 bits per heavy atom. The number of carbonyl (C=O) groups is 2. The van der Waals surface area contributed by atoms with Crippen molar-refractivity contribution in [2.75, 3.05) is 6.54 Å². The minimum Gasteiger partial charge on any atom is -0.480 e. The second-order valence-electron chi connectivity index (χ2n) is 4.22. The number of hydrogen-bond acceptors (Lipinski definition) is 2. The number of amides is 1. The van der Waals surface area contributed by atoms with Crippen molar-refractivity contribution in [1.82, 2.24) is 4.90 Å². The van der Waals surface area contributed by atoms with Gasteiger partial charge in [0.2, 0.25) is 6.41 Å². The first-order valence-electron chi connectivity index (χ1n) is 6.16. The number of nitrogens with zero attached hydrogens (tertiary/aromatic N) is 1. The molecule has 1 rings (SSSR count). The van der Waals surface area contributed by atoms with Crippen LogP contribution in [0, 0.1) is 0 Å². The monoisotopic (exact) mass is 249 g/mol. The van der Waals surface area contributed by atoms with Crippen molar-refractivity contribution in [2.24, 2.45) is 0 Å². The van der Waals surface area contributed by atoms with E-state index in [-0.39, 0.29) is 0 Å². The molecule has 0 saturated heterocycles. The van der Waals surface area contributed by atoms with Gasteiger partial charge < -0.3 is 10.0 Å². The molecule has 0 aromatic heterocycles. The van der Waals surface area contributed by atoms with E-state index in [4.69, 9.17) is 0 Å². The van der Waals surface area contributed by atoms with Gasteiger partial charge in [0.1, 0.15) is 6.04 Å². The molecule has 0 heterocycles. The number of aliphatic carboxylic acids is 1. The number of carboxylic acid groups (broad SMARTS) is 1. The highest BCUT2D eigenvalue weighted by molar-refractivity contribution is 5.76. The molecule has 0 aliphatic heterocycles. The Hall–Kier alpha value is -1.84. The van der Waals surface area contributed by atoms with Gasteiger partial charge in [0.25, 0.3) is 0 Å². The lowest BCUT2D eigenvalue weighted by atomic mass is 10.0. The Bertz CT molecular complexity index is 378. The zero-order chi connectivity index (χ0) is 13.4. The summed E-state index contributed by atoms with van der Waals surface area (Å²) in [6.45, 7) is 2.40. The summed E-state index contributed by atoms with van der Waals surface area (Å²) >= 11 is 0. The molecule has 0 aliphatic rings. The summed E-state index contributed by atoms with van der Waals surface area (Å²) in [5, 5.41) is 9.18. The van der Waals surface area contributed by atoms with Crippen LogP contribution < -0.4 is 0 Å². The number of hydrogen-bond donors (Lipinski definition) is 1. The molecule has 0 radical (unpaired) electrons. The molecule has 1 aromatic rings. The van der Waals surface area contributed by atoms with Crippen LogP contribution in [0.15, 0.2) is 30.3 Å². The van der Waals surface area contributed by atoms with Gasteiger partial charge in [0.05, 0.1) is 0 Å². The van der Waals surface area contributed by atoms with Crippen LogP contribution in [-0.2, 0) is 16.0 Å². The third kappa shape index (κ3) is 4.20. The molecular formula is C14H19NO3. The number of benzene rings is 1. The Morgan fingerprint density at radius 3 is 2.56 bits per heavy atom. The van der Waals surface area contributed by atoms with Crippen LogP contribution >= 0.6 is 0 Å². The number of aryl methyl sites for hydroxylation is 1. The molecule has 0 saturated carbocycles. The molecule has 1 unspecified atom stereocenters. The molecule has 0 fully saturated rings. The van der Waals surface area contributed by atoms with E-state index in [9.17, 15) is 14.7 Å². The van der Waals surface area contributed by atoms with Gasteiger partial charge in [-0.2, -0.15) is 0 Å². The summed E-state index contributed by atoms with van der Waals surface area (Å²) in [6.07, 6.45) is 2.49.